The van der Waals surface area contributed by atoms with Crippen LogP contribution in [-0.4, -0.2) is 73.0 Å². The molecule has 0 radical (unpaired) electrons. The van der Waals surface area contributed by atoms with Crippen LogP contribution in [0.25, 0.3) is 0 Å². The van der Waals surface area contributed by atoms with Crippen molar-refractivity contribution in [2.24, 2.45) is 0 Å². The summed E-state index contributed by atoms with van der Waals surface area (Å²) in [7, 11) is -3.44. The highest BCUT2D eigenvalue weighted by Gasteiger charge is 2.38. The number of ether oxygens (including phenoxy) is 1. The van der Waals surface area contributed by atoms with Crippen LogP contribution in [0.5, 0.6) is 0 Å². The molecule has 2 aliphatic heterocycles. The number of rotatable bonds is 5. The van der Waals surface area contributed by atoms with Crippen molar-refractivity contribution in [1.82, 2.24) is 9.21 Å². The molecule has 3 rings (SSSR count). The number of amides is 1. The van der Waals surface area contributed by atoms with E-state index in [1.54, 1.807) is 29.2 Å². The molecule has 2 aliphatic rings. The second-order valence-electron chi connectivity index (χ2n) is 6.50. The Balaban J connectivity index is 1.54. The Labute approximate surface area is 152 Å². The molecule has 0 aromatic heterocycles. The highest BCUT2D eigenvalue weighted by atomic mass is 32.2. The van der Waals surface area contributed by atoms with Crippen LogP contribution in [0.2, 0.25) is 0 Å². The van der Waals surface area contributed by atoms with Gasteiger partial charge in [0.25, 0.3) is 5.91 Å². The van der Waals surface area contributed by atoms with Gasteiger partial charge < -0.3 is 14.7 Å². The largest absolute Gasteiger partial charge is 0.479 e. The van der Waals surface area contributed by atoms with E-state index < -0.39 is 28.2 Å². The number of benzene rings is 1. The van der Waals surface area contributed by atoms with Crippen LogP contribution >= 0.6 is 0 Å². The van der Waals surface area contributed by atoms with Crippen molar-refractivity contribution in [3.63, 3.8) is 0 Å². The summed E-state index contributed by atoms with van der Waals surface area (Å²) >= 11 is 0. The molecular weight excluding hydrogens is 360 g/mol. The number of carbonyl (C=O) groups excluding carboxylic acids is 1. The number of nitrogens with zero attached hydrogens (tertiary/aromatic N) is 2. The zero-order valence-corrected chi connectivity index (χ0v) is 15.1. The van der Waals surface area contributed by atoms with Gasteiger partial charge in [-0.3, -0.25) is 4.79 Å². The first-order valence-electron chi connectivity index (χ1n) is 8.55. The second-order valence-corrected chi connectivity index (χ2v) is 8.46. The van der Waals surface area contributed by atoms with Gasteiger partial charge in [0.15, 0.2) is 6.10 Å². The standard InChI is InChI=1S/C17H22N2O6S/c20-16(14-6-7-15(25-14)17(21)22)18-8-10-19(11-9-18)26(23,24)12-13-4-2-1-3-5-13/h1-5,14-15H,6-12H2,(H,21,22)/t14-,15+/m0/s1. The summed E-state index contributed by atoms with van der Waals surface area (Å²) in [4.78, 5) is 24.9. The molecule has 0 saturated carbocycles. The molecule has 0 aliphatic carbocycles. The predicted molar refractivity (Wildman–Crippen MR) is 92.7 cm³/mol. The summed E-state index contributed by atoms with van der Waals surface area (Å²) in [5, 5.41) is 8.95. The zero-order chi connectivity index (χ0) is 18.7. The maximum absolute atomic E-state index is 12.5. The molecule has 0 spiro atoms. The molecule has 2 heterocycles. The van der Waals surface area contributed by atoms with Crippen molar-refractivity contribution < 1.29 is 27.9 Å². The number of piperazine rings is 1. The lowest BCUT2D eigenvalue weighted by atomic mass is 10.1. The summed E-state index contributed by atoms with van der Waals surface area (Å²) in [5.41, 5.74) is 0.727. The number of hydrogen-bond donors (Lipinski definition) is 1. The van der Waals surface area contributed by atoms with Gasteiger partial charge in [0.05, 0.1) is 5.75 Å². The van der Waals surface area contributed by atoms with Crippen molar-refractivity contribution in [3.05, 3.63) is 35.9 Å². The minimum absolute atomic E-state index is 0.0617. The summed E-state index contributed by atoms with van der Waals surface area (Å²) in [6, 6.07) is 8.97. The van der Waals surface area contributed by atoms with Gasteiger partial charge >= 0.3 is 5.97 Å². The van der Waals surface area contributed by atoms with Gasteiger partial charge in [0.1, 0.15) is 6.10 Å². The molecule has 1 N–H and O–H groups in total. The molecule has 1 aromatic rings. The maximum atomic E-state index is 12.5. The van der Waals surface area contributed by atoms with Crippen molar-refractivity contribution >= 4 is 21.9 Å². The highest BCUT2D eigenvalue weighted by Crippen LogP contribution is 2.23. The van der Waals surface area contributed by atoms with Crippen molar-refractivity contribution in [2.45, 2.75) is 30.8 Å². The molecule has 2 atom stereocenters. The summed E-state index contributed by atoms with van der Waals surface area (Å²) in [5.74, 6) is -1.38. The molecule has 2 saturated heterocycles. The smallest absolute Gasteiger partial charge is 0.332 e. The second kappa shape index (κ2) is 7.73. The molecule has 1 aromatic carbocycles. The van der Waals surface area contributed by atoms with E-state index in [2.05, 4.69) is 0 Å². The average Bonchev–Trinajstić information content (AvgIpc) is 3.12. The zero-order valence-electron chi connectivity index (χ0n) is 14.3. The number of carboxylic acid groups (broad SMARTS) is 1. The first kappa shape index (κ1) is 18.8. The fourth-order valence-electron chi connectivity index (χ4n) is 3.27. The van der Waals surface area contributed by atoms with Gasteiger partial charge in [-0.05, 0) is 18.4 Å². The molecule has 142 valence electrons. The van der Waals surface area contributed by atoms with Crippen LogP contribution in [0.3, 0.4) is 0 Å². The molecule has 8 nitrogen and oxygen atoms in total. The Morgan fingerprint density at radius 1 is 1.04 bits per heavy atom. The minimum Gasteiger partial charge on any atom is -0.479 e. The Kier molecular flexibility index (Phi) is 5.59. The lowest BCUT2D eigenvalue weighted by Crippen LogP contribution is -2.53. The van der Waals surface area contributed by atoms with E-state index in [0.717, 1.165) is 5.56 Å². The van der Waals surface area contributed by atoms with Gasteiger partial charge in [0.2, 0.25) is 10.0 Å². The molecule has 0 unspecified atom stereocenters. The predicted octanol–water partition coefficient (Wildman–Crippen LogP) is 0.293. The quantitative estimate of drug-likeness (QED) is 0.785. The molecule has 0 bridgehead atoms. The van der Waals surface area contributed by atoms with Crippen molar-refractivity contribution in [2.75, 3.05) is 26.2 Å². The molecule has 9 heteroatoms. The summed E-state index contributed by atoms with van der Waals surface area (Å²) in [6.07, 6.45) is -0.987. The van der Waals surface area contributed by atoms with E-state index in [1.807, 2.05) is 6.07 Å². The molecule has 26 heavy (non-hydrogen) atoms. The minimum atomic E-state index is -3.44. The number of aliphatic carboxylic acids is 1. The van der Waals surface area contributed by atoms with E-state index in [9.17, 15) is 18.0 Å². The monoisotopic (exact) mass is 382 g/mol. The van der Waals surface area contributed by atoms with Gasteiger partial charge in [-0.15, -0.1) is 0 Å². The Morgan fingerprint density at radius 2 is 1.65 bits per heavy atom. The van der Waals surface area contributed by atoms with E-state index in [4.69, 9.17) is 9.84 Å². The number of sulfonamides is 1. The van der Waals surface area contributed by atoms with E-state index in [0.29, 0.717) is 12.8 Å². The number of hydrogen-bond acceptors (Lipinski definition) is 5. The first-order valence-corrected chi connectivity index (χ1v) is 10.2. The third-order valence-corrected chi connectivity index (χ3v) is 6.56. The van der Waals surface area contributed by atoms with Gasteiger partial charge in [0, 0.05) is 26.2 Å². The number of carbonyl (C=O) groups is 2. The van der Waals surface area contributed by atoms with Gasteiger partial charge in [-0.1, -0.05) is 30.3 Å². The lowest BCUT2D eigenvalue weighted by molar-refractivity contribution is -0.155. The molecule has 2 fully saturated rings. The highest BCUT2D eigenvalue weighted by molar-refractivity contribution is 7.88. The van der Waals surface area contributed by atoms with Gasteiger partial charge in [-0.2, -0.15) is 4.31 Å². The van der Waals surface area contributed by atoms with Crippen LogP contribution in [0.15, 0.2) is 30.3 Å². The van der Waals surface area contributed by atoms with Gasteiger partial charge in [-0.25, -0.2) is 13.2 Å². The topological polar surface area (TPSA) is 104 Å². The maximum Gasteiger partial charge on any atom is 0.332 e. The average molecular weight is 382 g/mol. The Bertz CT molecular complexity index is 759. The van der Waals surface area contributed by atoms with Crippen molar-refractivity contribution in [3.8, 4) is 0 Å². The van der Waals surface area contributed by atoms with Crippen LogP contribution < -0.4 is 0 Å². The SMILES string of the molecule is O=C(O)[C@H]1CC[C@@H](C(=O)N2CCN(S(=O)(=O)Cc3ccccc3)CC2)O1. The molecular formula is C17H22N2O6S. The third-order valence-electron chi connectivity index (χ3n) is 4.71. The Hall–Kier alpha value is -1.97. The van der Waals surface area contributed by atoms with E-state index in [1.165, 1.54) is 4.31 Å². The fourth-order valence-corrected chi connectivity index (χ4v) is 4.78. The van der Waals surface area contributed by atoms with E-state index >= 15 is 0 Å². The van der Waals surface area contributed by atoms with E-state index in [-0.39, 0.29) is 37.8 Å². The number of carboxylic acids is 1. The Morgan fingerprint density at radius 3 is 2.23 bits per heavy atom. The summed E-state index contributed by atoms with van der Waals surface area (Å²) < 4.78 is 31.8. The van der Waals surface area contributed by atoms with Crippen LogP contribution in [0.1, 0.15) is 18.4 Å². The first-order chi connectivity index (χ1) is 12.4. The summed E-state index contributed by atoms with van der Waals surface area (Å²) in [6.45, 7) is 1.03. The fraction of sp³-hybridized carbons (Fsp3) is 0.529. The van der Waals surface area contributed by atoms with Crippen molar-refractivity contribution in [1.29, 1.82) is 0 Å². The van der Waals surface area contributed by atoms with Crippen LogP contribution in [0.4, 0.5) is 0 Å². The van der Waals surface area contributed by atoms with Crippen LogP contribution in [0, 0.1) is 0 Å². The normalized spacial score (nSPS) is 24.5. The van der Waals surface area contributed by atoms with Crippen LogP contribution in [-0.2, 0) is 30.1 Å². The lowest BCUT2D eigenvalue weighted by Gasteiger charge is -2.35. The molecule has 1 amide bonds. The third kappa shape index (κ3) is 4.22.